The smallest absolute Gasteiger partial charge is 0.272 e. The highest BCUT2D eigenvalue weighted by Crippen LogP contribution is 2.30. The van der Waals surface area contributed by atoms with Crippen LogP contribution >= 0.6 is 0 Å². The number of nitrogens with one attached hydrogen (secondary N) is 1. The molecule has 0 radical (unpaired) electrons. The Kier molecular flexibility index (Phi) is 3.92. The third kappa shape index (κ3) is 2.67. The van der Waals surface area contributed by atoms with Gasteiger partial charge >= 0.3 is 0 Å². The van der Waals surface area contributed by atoms with Crippen molar-refractivity contribution in [3.8, 4) is 5.75 Å². The van der Waals surface area contributed by atoms with Crippen LogP contribution in [0.3, 0.4) is 0 Å². The summed E-state index contributed by atoms with van der Waals surface area (Å²) in [6.07, 6.45) is 1.86. The van der Waals surface area contributed by atoms with Crippen molar-refractivity contribution in [2.45, 2.75) is 37.9 Å². The second-order valence-electron chi connectivity index (χ2n) is 7.11. The van der Waals surface area contributed by atoms with Gasteiger partial charge in [0.2, 0.25) is 0 Å². The number of ether oxygens (including phenoxy) is 1. The van der Waals surface area contributed by atoms with Gasteiger partial charge in [-0.05, 0) is 31.9 Å². The Labute approximate surface area is 147 Å². The molecule has 1 aromatic heterocycles. The number of nitrogens with two attached hydrogens (primary N) is 1. The first-order valence-corrected chi connectivity index (χ1v) is 8.91. The molecule has 5 rings (SSSR count). The molecule has 25 heavy (non-hydrogen) atoms. The third-order valence-electron chi connectivity index (χ3n) is 5.70. The SMILES string of the molecule is CCn1nc(C(=O)N[C@H]2CN3CCC2(N)CC3)c2ccc(OC)cc21. The molecule has 0 spiro atoms. The molecule has 3 fully saturated rings. The predicted molar refractivity (Wildman–Crippen MR) is 95.8 cm³/mol. The number of carbonyl (C=O) groups is 1. The lowest BCUT2D eigenvalue weighted by atomic mass is 9.77. The van der Waals surface area contributed by atoms with Crippen molar-refractivity contribution in [3.63, 3.8) is 0 Å². The number of methoxy groups -OCH3 is 1. The summed E-state index contributed by atoms with van der Waals surface area (Å²) < 4.78 is 7.13. The standard InChI is InChI=1S/C18H25N5O2/c1-3-23-14-10-12(25-2)4-5-13(14)16(21-23)17(24)20-15-11-22-8-6-18(15,19)7-9-22/h4-5,10,15H,3,6-9,11,19H2,1-2H3,(H,20,24)/t15-/m0/s1. The van der Waals surface area contributed by atoms with E-state index in [4.69, 9.17) is 10.5 Å². The van der Waals surface area contributed by atoms with Crippen molar-refractivity contribution in [2.75, 3.05) is 26.7 Å². The molecule has 2 aromatic rings. The van der Waals surface area contributed by atoms with Crippen molar-refractivity contribution in [2.24, 2.45) is 5.73 Å². The normalized spacial score (nSPS) is 28.3. The van der Waals surface area contributed by atoms with E-state index in [1.54, 1.807) is 7.11 Å². The largest absolute Gasteiger partial charge is 0.497 e. The first-order valence-electron chi connectivity index (χ1n) is 8.91. The number of piperidine rings is 3. The van der Waals surface area contributed by atoms with Crippen molar-refractivity contribution >= 4 is 16.8 Å². The minimum atomic E-state index is -0.295. The maximum Gasteiger partial charge on any atom is 0.272 e. The number of rotatable bonds is 4. The molecule has 0 saturated carbocycles. The molecule has 4 heterocycles. The highest BCUT2D eigenvalue weighted by atomic mass is 16.5. The number of aromatic nitrogens is 2. The third-order valence-corrected chi connectivity index (χ3v) is 5.70. The lowest BCUT2D eigenvalue weighted by Crippen LogP contribution is -2.71. The van der Waals surface area contributed by atoms with Crippen molar-refractivity contribution < 1.29 is 9.53 Å². The van der Waals surface area contributed by atoms with Gasteiger partial charge < -0.3 is 20.7 Å². The van der Waals surface area contributed by atoms with Crippen LogP contribution in [0.1, 0.15) is 30.3 Å². The minimum Gasteiger partial charge on any atom is -0.497 e. The summed E-state index contributed by atoms with van der Waals surface area (Å²) in [5, 5.41) is 8.52. The number of benzene rings is 1. The van der Waals surface area contributed by atoms with Gasteiger partial charge in [0.15, 0.2) is 5.69 Å². The minimum absolute atomic E-state index is 0.0254. The molecule has 3 saturated heterocycles. The monoisotopic (exact) mass is 343 g/mol. The van der Waals surface area contributed by atoms with Gasteiger partial charge in [0, 0.05) is 43.2 Å². The zero-order chi connectivity index (χ0) is 17.6. The summed E-state index contributed by atoms with van der Waals surface area (Å²) in [5.74, 6) is 0.610. The average Bonchev–Trinajstić information content (AvgIpc) is 3.00. The van der Waals surface area contributed by atoms with Crippen LogP contribution in [0.4, 0.5) is 0 Å². The Hall–Kier alpha value is -2.12. The van der Waals surface area contributed by atoms with Crippen LogP contribution in [0.5, 0.6) is 5.75 Å². The first kappa shape index (κ1) is 16.4. The van der Waals surface area contributed by atoms with Gasteiger partial charge in [-0.25, -0.2) is 0 Å². The molecule has 2 bridgehead atoms. The lowest BCUT2D eigenvalue weighted by molar-refractivity contribution is 0.0446. The maximum absolute atomic E-state index is 12.9. The molecule has 3 aliphatic heterocycles. The molecule has 0 unspecified atom stereocenters. The van der Waals surface area contributed by atoms with Gasteiger partial charge in [-0.15, -0.1) is 0 Å². The molecular weight excluding hydrogens is 318 g/mol. The van der Waals surface area contributed by atoms with Crippen LogP contribution in [-0.4, -0.2) is 58.9 Å². The van der Waals surface area contributed by atoms with Gasteiger partial charge in [-0.1, -0.05) is 0 Å². The molecule has 134 valence electrons. The van der Waals surface area contributed by atoms with E-state index in [2.05, 4.69) is 15.3 Å². The van der Waals surface area contributed by atoms with Gasteiger partial charge in [-0.2, -0.15) is 5.10 Å². The summed E-state index contributed by atoms with van der Waals surface area (Å²) >= 11 is 0. The quantitative estimate of drug-likeness (QED) is 0.864. The molecule has 1 amide bonds. The van der Waals surface area contributed by atoms with E-state index in [9.17, 15) is 4.79 Å². The lowest BCUT2D eigenvalue weighted by Gasteiger charge is -2.51. The number of hydrogen-bond acceptors (Lipinski definition) is 5. The van der Waals surface area contributed by atoms with Crippen LogP contribution in [0.15, 0.2) is 18.2 Å². The molecule has 1 atom stereocenters. The second kappa shape index (κ2) is 6.00. The Balaban J connectivity index is 1.64. The van der Waals surface area contributed by atoms with Crippen molar-refractivity contribution in [3.05, 3.63) is 23.9 Å². The highest BCUT2D eigenvalue weighted by molar-refractivity contribution is 6.05. The zero-order valence-electron chi connectivity index (χ0n) is 14.8. The number of hydrogen-bond donors (Lipinski definition) is 2. The summed E-state index contributed by atoms with van der Waals surface area (Å²) in [4.78, 5) is 15.3. The van der Waals surface area contributed by atoms with Gasteiger partial charge in [0.25, 0.3) is 5.91 Å². The Morgan fingerprint density at radius 1 is 1.44 bits per heavy atom. The van der Waals surface area contributed by atoms with Gasteiger partial charge in [-0.3, -0.25) is 9.48 Å². The van der Waals surface area contributed by atoms with E-state index >= 15 is 0 Å². The summed E-state index contributed by atoms with van der Waals surface area (Å²) in [7, 11) is 1.63. The molecule has 0 aliphatic carbocycles. The molecule has 1 aromatic carbocycles. The topological polar surface area (TPSA) is 85.4 Å². The first-order chi connectivity index (χ1) is 12.0. The Bertz CT molecular complexity index is 807. The maximum atomic E-state index is 12.9. The van der Waals surface area contributed by atoms with Crippen LogP contribution in [0.2, 0.25) is 0 Å². The Morgan fingerprint density at radius 2 is 2.20 bits per heavy atom. The van der Waals surface area contributed by atoms with Crippen molar-refractivity contribution in [1.29, 1.82) is 0 Å². The predicted octanol–water partition coefficient (Wildman–Crippen LogP) is 0.970. The number of fused-ring (bicyclic) bond motifs is 4. The van der Waals surface area contributed by atoms with E-state index in [0.717, 1.165) is 49.1 Å². The fraction of sp³-hybridized carbons (Fsp3) is 0.556. The van der Waals surface area contributed by atoms with E-state index in [1.807, 2.05) is 29.8 Å². The summed E-state index contributed by atoms with van der Waals surface area (Å²) in [6, 6.07) is 5.65. The number of nitrogens with zero attached hydrogens (tertiary/aromatic N) is 3. The van der Waals surface area contributed by atoms with E-state index in [-0.39, 0.29) is 17.5 Å². The fourth-order valence-corrected chi connectivity index (χ4v) is 4.05. The van der Waals surface area contributed by atoms with Crippen molar-refractivity contribution in [1.82, 2.24) is 20.0 Å². The summed E-state index contributed by atoms with van der Waals surface area (Å²) in [5.41, 5.74) is 7.63. The average molecular weight is 343 g/mol. The van der Waals surface area contributed by atoms with Crippen LogP contribution in [-0.2, 0) is 6.54 Å². The molecule has 7 heteroatoms. The van der Waals surface area contributed by atoms with Crippen LogP contribution in [0.25, 0.3) is 10.9 Å². The number of aryl methyl sites for hydroxylation is 1. The number of amides is 1. The van der Waals surface area contributed by atoms with E-state index < -0.39 is 0 Å². The zero-order valence-corrected chi connectivity index (χ0v) is 14.8. The molecule has 3 N–H and O–H groups in total. The van der Waals surface area contributed by atoms with E-state index in [0.29, 0.717) is 12.2 Å². The molecular formula is C18H25N5O2. The van der Waals surface area contributed by atoms with Gasteiger partial charge in [0.05, 0.1) is 18.7 Å². The van der Waals surface area contributed by atoms with E-state index in [1.165, 1.54) is 0 Å². The number of carbonyl (C=O) groups excluding carboxylic acids is 1. The van der Waals surface area contributed by atoms with Gasteiger partial charge in [0.1, 0.15) is 5.75 Å². The Morgan fingerprint density at radius 3 is 2.84 bits per heavy atom. The summed E-state index contributed by atoms with van der Waals surface area (Å²) in [6.45, 7) is 5.57. The molecule has 3 aliphatic rings. The van der Waals surface area contributed by atoms with Crippen LogP contribution < -0.4 is 15.8 Å². The highest BCUT2D eigenvalue weighted by Gasteiger charge is 2.45. The molecule has 7 nitrogen and oxygen atoms in total. The second-order valence-corrected chi connectivity index (χ2v) is 7.11. The fourth-order valence-electron chi connectivity index (χ4n) is 4.05. The van der Waals surface area contributed by atoms with Crippen LogP contribution in [0, 0.1) is 0 Å².